The summed E-state index contributed by atoms with van der Waals surface area (Å²) in [4.78, 5) is 8.01. The lowest BCUT2D eigenvalue weighted by atomic mass is 10.2. The van der Waals surface area contributed by atoms with Crippen LogP contribution in [0.15, 0.2) is 47.1 Å². The number of hydrogen-bond acceptors (Lipinski definition) is 6. The number of benzene rings is 1. The summed E-state index contributed by atoms with van der Waals surface area (Å²) < 4.78 is 23.2. The van der Waals surface area contributed by atoms with Gasteiger partial charge in [-0.25, -0.2) is 9.37 Å². The van der Waals surface area contributed by atoms with E-state index in [4.69, 9.17) is 9.26 Å². The van der Waals surface area contributed by atoms with Crippen LogP contribution >= 0.6 is 0 Å². The molecule has 2 heterocycles. The second kappa shape index (κ2) is 6.87. The zero-order chi connectivity index (χ0) is 16.1. The van der Waals surface area contributed by atoms with Crippen molar-refractivity contribution in [2.24, 2.45) is 0 Å². The Bertz CT molecular complexity index is 757. The van der Waals surface area contributed by atoms with Gasteiger partial charge in [-0.1, -0.05) is 17.3 Å². The van der Waals surface area contributed by atoms with Crippen LogP contribution in [0.5, 0.6) is 5.75 Å². The fraction of sp³-hybridized carbons (Fsp3) is 0.188. The zero-order valence-corrected chi connectivity index (χ0v) is 12.5. The Kier molecular flexibility index (Phi) is 4.46. The summed E-state index contributed by atoms with van der Waals surface area (Å²) in [5.41, 5.74) is 1.05. The topological polar surface area (TPSA) is 73.1 Å². The maximum absolute atomic E-state index is 12.8. The molecular weight excluding hydrogens is 299 g/mol. The normalized spacial score (nSPS) is 10.5. The Hall–Kier alpha value is -2.96. The van der Waals surface area contributed by atoms with Gasteiger partial charge in [0.1, 0.15) is 17.4 Å². The summed E-state index contributed by atoms with van der Waals surface area (Å²) in [6.45, 7) is 2.58. The SMILES string of the molecule is Cc1nc(COc2ccc(CNc3ccc(F)cn3)cc2)no1. The number of nitrogens with zero attached hydrogens (tertiary/aromatic N) is 3. The molecule has 0 spiro atoms. The Morgan fingerprint density at radius 2 is 2.00 bits per heavy atom. The van der Waals surface area contributed by atoms with Gasteiger partial charge in [-0.3, -0.25) is 0 Å². The van der Waals surface area contributed by atoms with Crippen molar-refractivity contribution in [3.8, 4) is 5.75 Å². The Morgan fingerprint density at radius 3 is 2.65 bits per heavy atom. The summed E-state index contributed by atoms with van der Waals surface area (Å²) >= 11 is 0. The summed E-state index contributed by atoms with van der Waals surface area (Å²) in [5.74, 6) is 2.01. The smallest absolute Gasteiger partial charge is 0.223 e. The molecule has 1 N–H and O–H groups in total. The maximum Gasteiger partial charge on any atom is 0.223 e. The molecule has 0 atom stereocenters. The highest BCUT2D eigenvalue weighted by molar-refractivity contribution is 5.36. The molecule has 0 unspecified atom stereocenters. The van der Waals surface area contributed by atoms with E-state index in [1.165, 1.54) is 12.3 Å². The fourth-order valence-electron chi connectivity index (χ4n) is 1.92. The lowest BCUT2D eigenvalue weighted by Crippen LogP contribution is -2.02. The average molecular weight is 314 g/mol. The van der Waals surface area contributed by atoms with Crippen LogP contribution in [0.4, 0.5) is 10.2 Å². The van der Waals surface area contributed by atoms with E-state index in [-0.39, 0.29) is 12.4 Å². The van der Waals surface area contributed by atoms with Gasteiger partial charge in [-0.15, -0.1) is 0 Å². The van der Waals surface area contributed by atoms with Gasteiger partial charge in [0.15, 0.2) is 6.61 Å². The van der Waals surface area contributed by atoms with Gasteiger partial charge < -0.3 is 14.6 Å². The highest BCUT2D eigenvalue weighted by Crippen LogP contribution is 2.14. The molecule has 118 valence electrons. The third-order valence-corrected chi connectivity index (χ3v) is 3.06. The second-order valence-corrected chi connectivity index (χ2v) is 4.88. The molecule has 0 aliphatic carbocycles. The van der Waals surface area contributed by atoms with Crippen molar-refractivity contribution in [2.45, 2.75) is 20.1 Å². The first-order valence-corrected chi connectivity index (χ1v) is 7.05. The number of aromatic nitrogens is 3. The largest absolute Gasteiger partial charge is 0.485 e. The van der Waals surface area contributed by atoms with Crippen LogP contribution in [0.1, 0.15) is 17.3 Å². The fourth-order valence-corrected chi connectivity index (χ4v) is 1.92. The van der Waals surface area contributed by atoms with Crippen molar-refractivity contribution in [3.05, 3.63) is 65.7 Å². The van der Waals surface area contributed by atoms with E-state index in [0.29, 0.717) is 24.1 Å². The minimum absolute atomic E-state index is 0.258. The molecule has 23 heavy (non-hydrogen) atoms. The number of ether oxygens (including phenoxy) is 1. The van der Waals surface area contributed by atoms with Crippen molar-refractivity contribution >= 4 is 5.82 Å². The predicted octanol–water partition coefficient (Wildman–Crippen LogP) is 3.10. The van der Waals surface area contributed by atoms with Crippen LogP contribution in [-0.4, -0.2) is 15.1 Å². The van der Waals surface area contributed by atoms with Crippen LogP contribution in [0.2, 0.25) is 0 Å². The molecule has 3 aromatic rings. The maximum atomic E-state index is 12.8. The van der Waals surface area contributed by atoms with E-state index in [1.807, 2.05) is 24.3 Å². The molecule has 0 saturated heterocycles. The van der Waals surface area contributed by atoms with Crippen molar-refractivity contribution in [3.63, 3.8) is 0 Å². The monoisotopic (exact) mass is 314 g/mol. The minimum Gasteiger partial charge on any atom is -0.485 e. The lowest BCUT2D eigenvalue weighted by molar-refractivity contribution is 0.285. The molecule has 3 rings (SSSR count). The molecule has 0 aliphatic rings. The molecule has 0 bridgehead atoms. The Labute approximate surface area is 132 Å². The molecular formula is C16H15FN4O2. The third-order valence-electron chi connectivity index (χ3n) is 3.06. The van der Waals surface area contributed by atoms with Crippen LogP contribution < -0.4 is 10.1 Å². The molecule has 0 fully saturated rings. The van der Waals surface area contributed by atoms with Gasteiger partial charge in [0.2, 0.25) is 11.7 Å². The molecule has 7 heteroatoms. The minimum atomic E-state index is -0.353. The van der Waals surface area contributed by atoms with Gasteiger partial charge in [-0.2, -0.15) is 4.98 Å². The standard InChI is InChI=1S/C16H15FN4O2/c1-11-20-16(21-23-11)10-22-14-5-2-12(3-6-14)8-18-15-7-4-13(17)9-19-15/h2-7,9H,8,10H2,1H3,(H,18,19). The number of rotatable bonds is 6. The molecule has 0 radical (unpaired) electrons. The van der Waals surface area contributed by atoms with Gasteiger partial charge in [0.25, 0.3) is 0 Å². The quantitative estimate of drug-likeness (QED) is 0.753. The van der Waals surface area contributed by atoms with Gasteiger partial charge >= 0.3 is 0 Å². The van der Waals surface area contributed by atoms with Crippen LogP contribution in [-0.2, 0) is 13.2 Å². The average Bonchev–Trinajstić information content (AvgIpc) is 2.99. The third kappa shape index (κ3) is 4.26. The first kappa shape index (κ1) is 15.0. The molecule has 2 aromatic heterocycles. The summed E-state index contributed by atoms with van der Waals surface area (Å²) in [7, 11) is 0. The Morgan fingerprint density at radius 1 is 1.17 bits per heavy atom. The predicted molar refractivity (Wildman–Crippen MR) is 81.3 cm³/mol. The van der Waals surface area contributed by atoms with E-state index < -0.39 is 0 Å². The molecule has 0 aliphatic heterocycles. The van der Waals surface area contributed by atoms with Crippen molar-refractivity contribution in [2.75, 3.05) is 5.32 Å². The molecule has 0 saturated carbocycles. The van der Waals surface area contributed by atoms with Crippen molar-refractivity contribution < 1.29 is 13.7 Å². The second-order valence-electron chi connectivity index (χ2n) is 4.88. The number of aryl methyl sites for hydroxylation is 1. The van der Waals surface area contributed by atoms with Gasteiger partial charge in [-0.05, 0) is 29.8 Å². The summed E-state index contributed by atoms with van der Waals surface area (Å²) in [6, 6.07) is 10.6. The zero-order valence-electron chi connectivity index (χ0n) is 12.5. The number of anilines is 1. The number of pyridine rings is 1. The highest BCUT2D eigenvalue weighted by Gasteiger charge is 2.03. The van der Waals surface area contributed by atoms with Crippen molar-refractivity contribution in [1.82, 2.24) is 15.1 Å². The van der Waals surface area contributed by atoms with Crippen LogP contribution in [0, 0.1) is 12.7 Å². The molecule has 0 amide bonds. The van der Waals surface area contributed by atoms with Crippen molar-refractivity contribution in [1.29, 1.82) is 0 Å². The van der Waals surface area contributed by atoms with Crippen LogP contribution in [0.3, 0.4) is 0 Å². The number of halogens is 1. The van der Waals surface area contributed by atoms with Gasteiger partial charge in [0.05, 0.1) is 6.20 Å². The number of nitrogens with one attached hydrogen (secondary N) is 1. The lowest BCUT2D eigenvalue weighted by Gasteiger charge is -2.07. The van der Waals surface area contributed by atoms with E-state index >= 15 is 0 Å². The van der Waals surface area contributed by atoms with Crippen LogP contribution in [0.25, 0.3) is 0 Å². The molecule has 6 nitrogen and oxygen atoms in total. The first-order valence-electron chi connectivity index (χ1n) is 7.05. The Balaban J connectivity index is 1.51. The van der Waals surface area contributed by atoms with E-state index in [9.17, 15) is 4.39 Å². The highest BCUT2D eigenvalue weighted by atomic mass is 19.1. The van der Waals surface area contributed by atoms with E-state index in [2.05, 4.69) is 20.4 Å². The van der Waals surface area contributed by atoms with Gasteiger partial charge in [0, 0.05) is 13.5 Å². The first-order chi connectivity index (χ1) is 11.2. The van der Waals surface area contributed by atoms with E-state index in [1.54, 1.807) is 13.0 Å². The number of hydrogen-bond donors (Lipinski definition) is 1. The summed E-state index contributed by atoms with van der Waals surface area (Å²) in [6.07, 6.45) is 1.18. The molecule has 1 aromatic carbocycles. The van der Waals surface area contributed by atoms with E-state index in [0.717, 1.165) is 11.3 Å². The summed E-state index contributed by atoms with van der Waals surface area (Å²) in [5, 5.41) is 6.88.